The lowest BCUT2D eigenvalue weighted by Crippen LogP contribution is -2.23. The molecule has 2 N–H and O–H groups in total. The molecule has 0 fully saturated rings. The van der Waals surface area contributed by atoms with E-state index in [-0.39, 0.29) is 45.8 Å². The van der Waals surface area contributed by atoms with Crippen molar-refractivity contribution in [2.24, 2.45) is 10.2 Å². The summed E-state index contributed by atoms with van der Waals surface area (Å²) in [5.41, 5.74) is 2.59. The number of thiazole rings is 1. The summed E-state index contributed by atoms with van der Waals surface area (Å²) in [6.07, 6.45) is 1.90. The molecule has 1 amide bonds. The maximum absolute atomic E-state index is 13.2. The first-order chi connectivity index (χ1) is 21.2. The second-order valence-corrected chi connectivity index (χ2v) is 10.8. The molecule has 13 heteroatoms. The quantitative estimate of drug-likeness (QED) is 0.0956. The Balaban J connectivity index is 1.69. The second kappa shape index (κ2) is 14.3. The number of fused-ring (bicyclic) bond motifs is 1. The van der Waals surface area contributed by atoms with E-state index in [4.69, 9.17) is 23.3 Å². The third kappa shape index (κ3) is 7.06. The van der Waals surface area contributed by atoms with E-state index in [0.717, 1.165) is 36.5 Å². The number of rotatable bonds is 11. The van der Waals surface area contributed by atoms with Crippen LogP contribution in [-0.4, -0.2) is 40.8 Å². The van der Waals surface area contributed by atoms with E-state index in [2.05, 4.69) is 37.2 Å². The Bertz CT molecular complexity index is 1800. The minimum absolute atomic E-state index is 0.0524. The van der Waals surface area contributed by atoms with Crippen molar-refractivity contribution < 1.29 is 19.5 Å². The number of carbonyl (C=O) groups is 3. The van der Waals surface area contributed by atoms with Crippen LogP contribution in [0.2, 0.25) is 5.15 Å². The number of hydrogen-bond donors (Lipinski definition) is 2. The van der Waals surface area contributed by atoms with E-state index in [1.54, 1.807) is 36.4 Å². The smallest absolute Gasteiger partial charge is 0.303 e. The van der Waals surface area contributed by atoms with Crippen molar-refractivity contribution in [2.75, 3.05) is 23.3 Å². The zero-order chi connectivity index (χ0) is 31.8. The van der Waals surface area contributed by atoms with Gasteiger partial charge in [-0.3, -0.25) is 14.4 Å². The Kier molecular flexibility index (Phi) is 10.3. The molecular formula is C31H26ClN7O4S. The fourth-order valence-corrected chi connectivity index (χ4v) is 5.60. The lowest BCUT2D eigenvalue weighted by Gasteiger charge is -2.23. The molecule has 0 atom stereocenters. The lowest BCUT2D eigenvalue weighted by molar-refractivity contribution is -0.138. The highest BCUT2D eigenvalue weighted by Crippen LogP contribution is 2.42. The van der Waals surface area contributed by atoms with Crippen LogP contribution >= 0.6 is 22.9 Å². The zero-order valence-corrected chi connectivity index (χ0v) is 25.4. The SMILES string of the molecule is [C-]#[N+]C(C#N)=C1C(=Cc2sc(N=Nc3ccc(N(CC)CCC)cc3NC(=O)CCC(=O)O)nc2Cl)C(=O)c2ccccc21. The molecule has 1 aliphatic carbocycles. The molecule has 1 aliphatic rings. The van der Waals surface area contributed by atoms with Crippen molar-refractivity contribution in [3.63, 3.8) is 0 Å². The summed E-state index contributed by atoms with van der Waals surface area (Å²) in [5.74, 6) is -1.90. The van der Waals surface area contributed by atoms with Gasteiger partial charge in [-0.15, -0.1) is 10.2 Å². The van der Waals surface area contributed by atoms with Crippen LogP contribution in [0.3, 0.4) is 0 Å². The van der Waals surface area contributed by atoms with Gasteiger partial charge in [0.1, 0.15) is 10.8 Å². The third-order valence-electron chi connectivity index (χ3n) is 6.59. The summed E-state index contributed by atoms with van der Waals surface area (Å²) in [7, 11) is 0. The molecule has 0 unspecified atom stereocenters. The second-order valence-electron chi connectivity index (χ2n) is 9.45. The van der Waals surface area contributed by atoms with Crippen LogP contribution in [-0.2, 0) is 9.59 Å². The van der Waals surface area contributed by atoms with E-state index < -0.39 is 11.9 Å². The number of carbonyl (C=O) groups excluding carboxylic acids is 2. The average Bonchev–Trinajstić information content (AvgIpc) is 3.51. The van der Waals surface area contributed by atoms with Gasteiger partial charge < -0.3 is 15.3 Å². The summed E-state index contributed by atoms with van der Waals surface area (Å²) in [5, 5.41) is 30.0. The predicted octanol–water partition coefficient (Wildman–Crippen LogP) is 7.69. The van der Waals surface area contributed by atoms with Crippen molar-refractivity contribution >= 4 is 74.4 Å². The molecule has 2 aromatic carbocycles. The van der Waals surface area contributed by atoms with Gasteiger partial charge in [-0.2, -0.15) is 0 Å². The van der Waals surface area contributed by atoms with Gasteiger partial charge >= 0.3 is 5.97 Å². The first-order valence-electron chi connectivity index (χ1n) is 13.6. The number of amides is 1. The first-order valence-corrected chi connectivity index (χ1v) is 14.8. The summed E-state index contributed by atoms with van der Waals surface area (Å²) in [6.45, 7) is 13.1. The van der Waals surface area contributed by atoms with Crippen LogP contribution in [0.4, 0.5) is 22.2 Å². The van der Waals surface area contributed by atoms with Crippen LogP contribution in [0.25, 0.3) is 16.5 Å². The summed E-state index contributed by atoms with van der Waals surface area (Å²) >= 11 is 7.46. The number of allylic oxidation sites excluding steroid dienone is 3. The molecule has 0 bridgehead atoms. The number of hydrogen-bond acceptors (Lipinski definition) is 9. The number of aromatic nitrogens is 1. The summed E-state index contributed by atoms with van der Waals surface area (Å²) in [6, 6.07) is 13.9. The number of anilines is 2. The minimum Gasteiger partial charge on any atom is -0.481 e. The topological polar surface area (TPSA) is 152 Å². The van der Waals surface area contributed by atoms with E-state index in [1.807, 2.05) is 19.1 Å². The van der Waals surface area contributed by atoms with Crippen LogP contribution < -0.4 is 10.2 Å². The molecule has 0 radical (unpaired) electrons. The predicted molar refractivity (Wildman–Crippen MR) is 169 cm³/mol. The van der Waals surface area contributed by atoms with Gasteiger partial charge in [-0.05, 0) is 43.2 Å². The van der Waals surface area contributed by atoms with Crippen LogP contribution in [0.15, 0.2) is 64.0 Å². The number of Topliss-reactive ketones (excluding diaryl/α,β-unsaturated/α-hetero) is 1. The van der Waals surface area contributed by atoms with E-state index in [1.165, 1.54) is 6.08 Å². The number of nitrogens with one attached hydrogen (secondary N) is 1. The van der Waals surface area contributed by atoms with Gasteiger partial charge in [0.05, 0.1) is 29.6 Å². The highest BCUT2D eigenvalue weighted by Gasteiger charge is 2.32. The number of carboxylic acid groups (broad SMARTS) is 1. The van der Waals surface area contributed by atoms with Crippen molar-refractivity contribution in [1.82, 2.24) is 4.98 Å². The molecule has 1 heterocycles. The van der Waals surface area contributed by atoms with Crippen molar-refractivity contribution in [2.45, 2.75) is 33.1 Å². The molecule has 44 heavy (non-hydrogen) atoms. The standard InChI is InChI=1S/C31H26ClN7O4S/c1-4-14-39(5-2)18-10-11-22(23(15-18)35-26(40)12-13-27(41)42)37-38-31-36-30(32)25(44-31)16-21-28(24(17-33)34-3)19-8-6-7-9-20(19)29(21)43/h6-11,15-16H,4-5,12-14H2,1-2H3,(H,35,40)(H,41,42). The number of halogens is 1. The monoisotopic (exact) mass is 627 g/mol. The average molecular weight is 628 g/mol. The van der Waals surface area contributed by atoms with Crippen molar-refractivity contribution in [1.29, 1.82) is 5.26 Å². The molecule has 4 rings (SSSR count). The van der Waals surface area contributed by atoms with E-state index in [9.17, 15) is 19.6 Å². The van der Waals surface area contributed by atoms with Gasteiger partial charge in [0.25, 0.3) is 5.70 Å². The van der Waals surface area contributed by atoms with Gasteiger partial charge in [0.2, 0.25) is 11.0 Å². The largest absolute Gasteiger partial charge is 0.481 e. The third-order valence-corrected chi connectivity index (χ3v) is 7.87. The number of nitriles is 1. The number of nitrogens with zero attached hydrogens (tertiary/aromatic N) is 6. The number of ketones is 1. The molecule has 1 aromatic heterocycles. The Hall–Kier alpha value is -5.17. The summed E-state index contributed by atoms with van der Waals surface area (Å²) in [4.78, 5) is 46.7. The fourth-order valence-electron chi connectivity index (χ4n) is 4.58. The number of benzene rings is 2. The maximum Gasteiger partial charge on any atom is 0.303 e. The normalized spacial score (nSPS) is 14.3. The van der Waals surface area contributed by atoms with E-state index in [0.29, 0.717) is 27.4 Å². The van der Waals surface area contributed by atoms with Crippen LogP contribution in [0.1, 0.15) is 53.9 Å². The Morgan fingerprint density at radius 3 is 2.61 bits per heavy atom. The van der Waals surface area contributed by atoms with Crippen LogP contribution in [0.5, 0.6) is 0 Å². The van der Waals surface area contributed by atoms with Crippen LogP contribution in [0, 0.1) is 17.9 Å². The molecule has 11 nitrogen and oxygen atoms in total. The Labute approximate surface area is 262 Å². The van der Waals surface area contributed by atoms with Gasteiger partial charge in [-0.25, -0.2) is 15.1 Å². The van der Waals surface area contributed by atoms with Gasteiger partial charge in [-0.1, -0.05) is 54.1 Å². The molecule has 3 aromatic rings. The molecule has 0 spiro atoms. The van der Waals surface area contributed by atoms with Crippen molar-refractivity contribution in [3.05, 3.63) is 86.3 Å². The molecule has 222 valence electrons. The molecular weight excluding hydrogens is 602 g/mol. The minimum atomic E-state index is -1.08. The molecule has 0 saturated carbocycles. The van der Waals surface area contributed by atoms with E-state index >= 15 is 0 Å². The Morgan fingerprint density at radius 2 is 1.95 bits per heavy atom. The Morgan fingerprint density at radius 1 is 1.20 bits per heavy atom. The number of carboxylic acids is 1. The number of azo groups is 1. The van der Waals surface area contributed by atoms with Gasteiger partial charge in [0, 0.05) is 41.9 Å². The lowest BCUT2D eigenvalue weighted by atomic mass is 10.0. The number of aliphatic carboxylic acids is 1. The molecule has 0 aliphatic heterocycles. The first kappa shape index (κ1) is 31.8. The summed E-state index contributed by atoms with van der Waals surface area (Å²) < 4.78 is 0. The zero-order valence-electron chi connectivity index (χ0n) is 23.8. The fraction of sp³-hybridized carbons (Fsp3) is 0.226. The maximum atomic E-state index is 13.2. The highest BCUT2D eigenvalue weighted by molar-refractivity contribution is 7.16. The highest BCUT2D eigenvalue weighted by atomic mass is 35.5. The van der Waals surface area contributed by atoms with Crippen molar-refractivity contribution in [3.8, 4) is 6.07 Å². The van der Waals surface area contributed by atoms with Gasteiger partial charge in [0.15, 0.2) is 5.78 Å². The molecule has 0 saturated heterocycles.